The van der Waals surface area contributed by atoms with Gasteiger partial charge >= 0.3 is 23.9 Å². The Morgan fingerprint density at radius 2 is 1.13 bits per heavy atom. The Hall–Kier alpha value is -2.42. The monoisotopic (exact) mass is 439 g/mol. The molecule has 2 aliphatic heterocycles. The highest BCUT2D eigenvalue weighted by Gasteiger charge is 2.70. The highest BCUT2D eigenvalue weighted by molar-refractivity contribution is 6.15. The summed E-state index contributed by atoms with van der Waals surface area (Å²) in [5, 5.41) is 2.90. The maximum atomic E-state index is 13.1. The normalized spacial score (nSPS) is 24.1. The summed E-state index contributed by atoms with van der Waals surface area (Å²) in [7, 11) is 2.37. The third kappa shape index (κ3) is 4.61. The lowest BCUT2D eigenvalue weighted by Gasteiger charge is -2.27. The van der Waals surface area contributed by atoms with Crippen molar-refractivity contribution in [1.29, 1.82) is 0 Å². The number of carbonyl (C=O) groups excluding carboxylic acids is 4. The summed E-state index contributed by atoms with van der Waals surface area (Å²) in [6.45, 7) is 4.31. The molecule has 1 N–H and O–H groups in total. The minimum Gasteiger partial charge on any atom is -0.467 e. The summed E-state index contributed by atoms with van der Waals surface area (Å²) in [4.78, 5) is 51.7. The fraction of sp³-hybridized carbons (Fsp3) is 0.727. The van der Waals surface area contributed by atoms with Crippen LogP contribution in [0.2, 0.25) is 0 Å². The molecular weight excluding hydrogens is 406 g/mol. The van der Waals surface area contributed by atoms with Crippen LogP contribution in [0.15, 0.2) is 11.1 Å². The number of unbranched alkanes of at least 4 members (excludes halogenated alkanes) is 4. The van der Waals surface area contributed by atoms with E-state index in [1.54, 1.807) is 0 Å². The fourth-order valence-electron chi connectivity index (χ4n) is 4.26. The Kier molecular flexibility index (Phi) is 8.61. The maximum absolute atomic E-state index is 13.1. The topological polar surface area (TPSA) is 117 Å². The molecule has 1 fully saturated rings. The van der Waals surface area contributed by atoms with Crippen molar-refractivity contribution in [1.82, 2.24) is 5.32 Å². The average molecular weight is 440 g/mol. The van der Waals surface area contributed by atoms with Gasteiger partial charge in [0, 0.05) is 0 Å². The lowest BCUT2D eigenvalue weighted by Crippen LogP contribution is -2.55. The number of fused-ring (bicyclic) bond motifs is 2. The molecule has 0 aromatic carbocycles. The van der Waals surface area contributed by atoms with E-state index in [9.17, 15) is 19.2 Å². The van der Waals surface area contributed by atoms with Crippen LogP contribution in [0.3, 0.4) is 0 Å². The molecule has 0 radical (unpaired) electrons. The summed E-state index contributed by atoms with van der Waals surface area (Å²) in [6.07, 6.45) is 5.07. The van der Waals surface area contributed by atoms with E-state index < -0.39 is 35.0 Å². The molecule has 2 atom stereocenters. The first-order valence-corrected chi connectivity index (χ1v) is 10.9. The summed E-state index contributed by atoms with van der Waals surface area (Å²) in [5.74, 6) is -3.21. The lowest BCUT2D eigenvalue weighted by molar-refractivity contribution is -0.151. The van der Waals surface area contributed by atoms with Crippen molar-refractivity contribution in [3.05, 3.63) is 11.1 Å². The molecule has 174 valence electrons. The van der Waals surface area contributed by atoms with Crippen molar-refractivity contribution >= 4 is 23.9 Å². The van der Waals surface area contributed by atoms with Gasteiger partial charge in [0.15, 0.2) is 11.1 Å². The third-order valence-corrected chi connectivity index (χ3v) is 5.84. The van der Waals surface area contributed by atoms with Crippen LogP contribution in [0, 0.1) is 0 Å². The van der Waals surface area contributed by atoms with Crippen LogP contribution < -0.4 is 5.32 Å². The summed E-state index contributed by atoms with van der Waals surface area (Å²) in [5.41, 5.74) is -3.76. The van der Waals surface area contributed by atoms with Gasteiger partial charge in [-0.3, -0.25) is 5.32 Å². The quantitative estimate of drug-likeness (QED) is 0.277. The van der Waals surface area contributed by atoms with Crippen LogP contribution in [0.5, 0.6) is 0 Å². The van der Waals surface area contributed by atoms with Gasteiger partial charge in [0.25, 0.3) is 0 Å². The van der Waals surface area contributed by atoms with Crippen molar-refractivity contribution in [2.75, 3.05) is 27.4 Å². The molecule has 2 heterocycles. The van der Waals surface area contributed by atoms with Crippen molar-refractivity contribution in [3.63, 3.8) is 0 Å². The van der Waals surface area contributed by atoms with Gasteiger partial charge in [-0.15, -0.1) is 0 Å². The number of nitrogens with one attached hydrogen (secondary N) is 1. The zero-order chi connectivity index (χ0) is 23.1. The average Bonchev–Trinajstić information content (AvgIpc) is 3.32. The molecule has 2 unspecified atom stereocenters. The van der Waals surface area contributed by atoms with Gasteiger partial charge in [0.05, 0.1) is 38.6 Å². The zero-order valence-corrected chi connectivity index (χ0v) is 18.8. The first-order chi connectivity index (χ1) is 14.8. The second-order valence-electron chi connectivity index (χ2n) is 7.85. The van der Waals surface area contributed by atoms with Crippen molar-refractivity contribution in [2.24, 2.45) is 0 Å². The van der Waals surface area contributed by atoms with Crippen molar-refractivity contribution < 1.29 is 38.1 Å². The van der Waals surface area contributed by atoms with E-state index in [1.165, 1.54) is 14.2 Å². The van der Waals surface area contributed by atoms with E-state index in [0.29, 0.717) is 12.8 Å². The SMILES string of the molecule is CCCCCOC(=O)C1=C(C(=O)OCCCCC)C2(C(=O)OC)CCC1(C(=O)OC)N2. The molecule has 0 aliphatic carbocycles. The standard InChI is InChI=1S/C22H33NO8/c1-5-7-9-13-30-17(24)15-16(18(25)31-14-10-8-6-2)22(20(27)29-4)12-11-21(15,23-22)19(26)28-3/h23H,5-14H2,1-4H3. The summed E-state index contributed by atoms with van der Waals surface area (Å²) in [6, 6.07) is 0. The zero-order valence-electron chi connectivity index (χ0n) is 18.8. The molecule has 0 saturated carbocycles. The first-order valence-electron chi connectivity index (χ1n) is 10.9. The molecule has 9 heteroatoms. The lowest BCUT2D eigenvalue weighted by atomic mass is 9.76. The molecule has 0 amide bonds. The highest BCUT2D eigenvalue weighted by atomic mass is 16.5. The molecule has 0 spiro atoms. The molecule has 2 aliphatic rings. The summed E-state index contributed by atoms with van der Waals surface area (Å²) >= 11 is 0. The van der Waals surface area contributed by atoms with Gasteiger partial charge in [0.2, 0.25) is 0 Å². The summed E-state index contributed by atoms with van der Waals surface area (Å²) < 4.78 is 20.6. The van der Waals surface area contributed by atoms with Gasteiger partial charge in [-0.25, -0.2) is 19.2 Å². The van der Waals surface area contributed by atoms with E-state index in [1.807, 2.05) is 13.8 Å². The van der Waals surface area contributed by atoms with E-state index in [4.69, 9.17) is 18.9 Å². The van der Waals surface area contributed by atoms with Crippen LogP contribution in [0.4, 0.5) is 0 Å². The van der Waals surface area contributed by atoms with Gasteiger partial charge in [-0.1, -0.05) is 39.5 Å². The largest absolute Gasteiger partial charge is 0.467 e. The van der Waals surface area contributed by atoms with Gasteiger partial charge in [-0.2, -0.15) is 0 Å². The van der Waals surface area contributed by atoms with Crippen LogP contribution in [0.1, 0.15) is 65.2 Å². The molecule has 31 heavy (non-hydrogen) atoms. The number of rotatable bonds is 12. The van der Waals surface area contributed by atoms with E-state index in [0.717, 1.165) is 25.7 Å². The number of hydrogen-bond acceptors (Lipinski definition) is 9. The minimum atomic E-state index is -1.66. The second kappa shape index (κ2) is 10.7. The van der Waals surface area contributed by atoms with Crippen molar-refractivity contribution in [2.45, 2.75) is 76.3 Å². The molecule has 9 nitrogen and oxygen atoms in total. The third-order valence-electron chi connectivity index (χ3n) is 5.84. The maximum Gasteiger partial charge on any atom is 0.337 e. The number of ether oxygens (including phenoxy) is 4. The molecular formula is C22H33NO8. The minimum absolute atomic E-state index is 0.0841. The van der Waals surface area contributed by atoms with Crippen LogP contribution in [-0.2, 0) is 38.1 Å². The van der Waals surface area contributed by atoms with Gasteiger partial charge in [-0.05, 0) is 25.7 Å². The predicted octanol–water partition coefficient (Wildman–Crippen LogP) is 1.97. The first kappa shape index (κ1) is 24.8. The Balaban J connectivity index is 2.49. The number of hydrogen-bond donors (Lipinski definition) is 1. The number of methoxy groups -OCH3 is 2. The van der Waals surface area contributed by atoms with Gasteiger partial charge < -0.3 is 18.9 Å². The Morgan fingerprint density at radius 3 is 1.45 bits per heavy atom. The van der Waals surface area contributed by atoms with E-state index >= 15 is 0 Å². The Labute approximate surface area is 182 Å². The predicted molar refractivity (Wildman–Crippen MR) is 110 cm³/mol. The highest BCUT2D eigenvalue weighted by Crippen LogP contribution is 2.51. The molecule has 2 bridgehead atoms. The van der Waals surface area contributed by atoms with Crippen molar-refractivity contribution in [3.8, 4) is 0 Å². The van der Waals surface area contributed by atoms with Crippen LogP contribution in [0.25, 0.3) is 0 Å². The molecule has 1 saturated heterocycles. The van der Waals surface area contributed by atoms with Crippen LogP contribution >= 0.6 is 0 Å². The van der Waals surface area contributed by atoms with Crippen LogP contribution in [-0.4, -0.2) is 62.4 Å². The fourth-order valence-corrected chi connectivity index (χ4v) is 4.26. The Bertz CT molecular complexity index is 686. The van der Waals surface area contributed by atoms with E-state index in [-0.39, 0.29) is 37.2 Å². The van der Waals surface area contributed by atoms with Gasteiger partial charge in [0.1, 0.15) is 0 Å². The number of esters is 4. The Morgan fingerprint density at radius 1 is 0.742 bits per heavy atom. The molecule has 0 aromatic heterocycles. The molecule has 0 aromatic rings. The smallest absolute Gasteiger partial charge is 0.337 e. The second-order valence-corrected chi connectivity index (χ2v) is 7.85. The number of carbonyl (C=O) groups is 4. The van der Waals surface area contributed by atoms with E-state index in [2.05, 4.69) is 5.32 Å². The molecule has 2 rings (SSSR count).